The monoisotopic (exact) mass is 165 g/mol. The Hall–Kier alpha value is -0.140. The molecule has 0 aromatic rings. The third kappa shape index (κ3) is 107. The summed E-state index contributed by atoms with van der Waals surface area (Å²) in [7, 11) is -0.389. The van der Waals surface area contributed by atoms with E-state index in [1.807, 2.05) is 0 Å². The van der Waals surface area contributed by atoms with E-state index in [-0.39, 0.29) is 13.8 Å². The Bertz CT molecular complexity index is 92.4. The third-order valence-electron chi connectivity index (χ3n) is 0.167. The highest BCUT2D eigenvalue weighted by Crippen LogP contribution is 2.40. The average molecular weight is 165 g/mol. The van der Waals surface area contributed by atoms with Crippen LogP contribution in [0.2, 0.25) is 0 Å². The number of rotatable bonds is 1. The fourth-order valence-electron chi connectivity index (χ4n) is 0. The van der Waals surface area contributed by atoms with Gasteiger partial charge in [0.15, 0.2) is 0 Å². The molecule has 0 rings (SSSR count). The molecule has 2 N–H and O–H groups in total. The summed E-state index contributed by atoms with van der Waals surface area (Å²) in [5, 5.41) is 9.13. The van der Waals surface area contributed by atoms with Crippen LogP contribution >= 0.6 is 7.26 Å². The molecule has 0 radical (unpaired) electrons. The van der Waals surface area contributed by atoms with Gasteiger partial charge in [0.25, 0.3) is 0 Å². The molecule has 3 nitrogen and oxygen atoms in total. The van der Waals surface area contributed by atoms with Gasteiger partial charge in [-0.25, -0.2) is 0 Å². The van der Waals surface area contributed by atoms with Crippen LogP contribution in [0.25, 0.3) is 0 Å². The maximum atomic E-state index is 9.13. The Labute approximate surface area is 63.0 Å². The maximum Gasteiger partial charge on any atom is 0.0550 e. The number of aliphatic carboxylic acids is 1. The average Bonchev–Trinajstić information content (AvgIpc) is 1.61. The molecule has 62 valence electrons. The number of carbonyl (C=O) groups excluding carboxylic acids is 1. The number of carboxylic acids is 1. The van der Waals surface area contributed by atoms with Crippen molar-refractivity contribution in [1.29, 1.82) is 0 Å². The predicted molar refractivity (Wildman–Crippen MR) is 44.7 cm³/mol. The molecule has 0 saturated heterocycles. The van der Waals surface area contributed by atoms with E-state index >= 15 is 0 Å². The van der Waals surface area contributed by atoms with Crippen molar-refractivity contribution in [2.75, 3.05) is 33.2 Å². The molecule has 0 spiro atoms. The van der Waals surface area contributed by atoms with E-state index in [0.29, 0.717) is 0 Å². The molecule has 0 aromatic carbocycles. The summed E-state index contributed by atoms with van der Waals surface area (Å²) < 4.78 is 0. The van der Waals surface area contributed by atoms with Crippen molar-refractivity contribution in [2.45, 2.75) is 0 Å². The highest BCUT2D eigenvalue weighted by molar-refractivity contribution is 7.72. The van der Waals surface area contributed by atoms with Crippen molar-refractivity contribution < 1.29 is 9.90 Å². The van der Waals surface area contributed by atoms with E-state index in [9.17, 15) is 0 Å². The molecule has 0 saturated carbocycles. The first-order valence-electron chi connectivity index (χ1n) is 2.96. The fourth-order valence-corrected chi connectivity index (χ4v) is 0. The van der Waals surface area contributed by atoms with Crippen LogP contribution in [0, 0.1) is 0 Å². The lowest BCUT2D eigenvalue weighted by Crippen LogP contribution is -2.30. The molecule has 0 aliphatic carbocycles. The molecule has 0 aliphatic heterocycles. The van der Waals surface area contributed by atoms with E-state index < -0.39 is 5.97 Å². The minimum atomic E-state index is -1.22. The number of hydrogen-bond donors (Lipinski definition) is 1. The SMILES string of the molecule is C[P+](C)(C)C.NCC(=O)[O-]. The Morgan fingerprint density at radius 1 is 1.40 bits per heavy atom. The van der Waals surface area contributed by atoms with Gasteiger partial charge in [0.1, 0.15) is 0 Å². The first kappa shape index (κ1) is 12.5. The van der Waals surface area contributed by atoms with Crippen LogP contribution in [-0.2, 0) is 4.79 Å². The van der Waals surface area contributed by atoms with Crippen LogP contribution in [-0.4, -0.2) is 39.2 Å². The first-order valence-corrected chi connectivity index (χ1v) is 6.54. The van der Waals surface area contributed by atoms with Gasteiger partial charge in [0.2, 0.25) is 0 Å². The zero-order valence-electron chi connectivity index (χ0n) is 7.05. The normalized spacial score (nSPS) is 9.70. The standard InChI is InChI=1S/C4H12P.C2H5NO2/c1-5(2,3)4;3-1-2(4)5/h1-4H3;1,3H2,(H,4,5)/q+1;/p-1. The molecule has 0 heterocycles. The van der Waals surface area contributed by atoms with Gasteiger partial charge < -0.3 is 15.6 Å². The van der Waals surface area contributed by atoms with Crippen molar-refractivity contribution in [1.82, 2.24) is 0 Å². The van der Waals surface area contributed by atoms with Gasteiger partial charge >= 0.3 is 0 Å². The summed E-state index contributed by atoms with van der Waals surface area (Å²) in [6, 6.07) is 0. The summed E-state index contributed by atoms with van der Waals surface area (Å²) in [6.07, 6.45) is 0. The Kier molecular flexibility index (Phi) is 7.05. The number of hydrogen-bond acceptors (Lipinski definition) is 3. The molecule has 0 aromatic heterocycles. The van der Waals surface area contributed by atoms with Gasteiger partial charge in [0, 0.05) is 40.5 Å². The van der Waals surface area contributed by atoms with E-state index in [1.54, 1.807) is 0 Å². The molecule has 0 fully saturated rings. The Balaban J connectivity index is 0. The van der Waals surface area contributed by atoms with Crippen LogP contribution in [0.15, 0.2) is 0 Å². The van der Waals surface area contributed by atoms with Gasteiger partial charge in [-0.05, 0) is 0 Å². The van der Waals surface area contributed by atoms with Crippen LogP contribution in [0.3, 0.4) is 0 Å². The molecular weight excluding hydrogens is 149 g/mol. The van der Waals surface area contributed by atoms with Crippen molar-refractivity contribution in [3.05, 3.63) is 0 Å². The summed E-state index contributed by atoms with van der Waals surface area (Å²) in [5.41, 5.74) is 4.51. The lowest BCUT2D eigenvalue weighted by Gasteiger charge is -1.97. The zero-order valence-corrected chi connectivity index (χ0v) is 7.94. The minimum Gasteiger partial charge on any atom is -0.549 e. The molecule has 0 unspecified atom stereocenters. The molecule has 0 amide bonds. The second-order valence-electron chi connectivity index (χ2n) is 3.26. The van der Waals surface area contributed by atoms with Gasteiger partial charge in [0.05, 0.1) is 5.97 Å². The molecular formula is C6H16NO2P. The van der Waals surface area contributed by atoms with Gasteiger partial charge in [-0.2, -0.15) is 0 Å². The quantitative estimate of drug-likeness (QED) is 0.518. The second-order valence-corrected chi connectivity index (χ2v) is 8.63. The Morgan fingerprint density at radius 2 is 1.50 bits per heavy atom. The van der Waals surface area contributed by atoms with E-state index in [4.69, 9.17) is 9.90 Å². The number of carboxylic acid groups (broad SMARTS) is 1. The lowest BCUT2D eigenvalue weighted by atomic mass is 10.7. The number of nitrogens with two attached hydrogens (primary N) is 1. The van der Waals surface area contributed by atoms with Crippen LogP contribution in [0.5, 0.6) is 0 Å². The van der Waals surface area contributed by atoms with Crippen LogP contribution in [0.4, 0.5) is 0 Å². The minimum absolute atomic E-state index is 0.389. The number of carbonyl (C=O) groups is 1. The Morgan fingerprint density at radius 3 is 1.50 bits per heavy atom. The van der Waals surface area contributed by atoms with E-state index in [2.05, 4.69) is 32.4 Å². The second kappa shape index (κ2) is 5.63. The predicted octanol–water partition coefficient (Wildman–Crippen LogP) is -0.782. The highest BCUT2D eigenvalue weighted by atomic mass is 31.2. The van der Waals surface area contributed by atoms with E-state index in [0.717, 1.165) is 0 Å². The zero-order chi connectivity index (χ0) is 8.78. The third-order valence-corrected chi connectivity index (χ3v) is 0.167. The van der Waals surface area contributed by atoms with E-state index in [1.165, 1.54) is 0 Å². The topological polar surface area (TPSA) is 66.2 Å². The lowest BCUT2D eigenvalue weighted by molar-refractivity contribution is -0.303. The summed E-state index contributed by atoms with van der Waals surface area (Å²) in [6.45, 7) is 8.81. The molecule has 4 heteroatoms. The van der Waals surface area contributed by atoms with Crippen molar-refractivity contribution in [2.24, 2.45) is 5.73 Å². The van der Waals surface area contributed by atoms with Gasteiger partial charge in [-0.1, -0.05) is 0 Å². The van der Waals surface area contributed by atoms with Crippen molar-refractivity contribution in [3.63, 3.8) is 0 Å². The highest BCUT2D eigenvalue weighted by Gasteiger charge is 2.03. The first-order chi connectivity index (χ1) is 4.27. The maximum absolute atomic E-state index is 9.13. The van der Waals surface area contributed by atoms with Crippen molar-refractivity contribution in [3.8, 4) is 0 Å². The summed E-state index contributed by atoms with van der Waals surface area (Å²) in [4.78, 5) is 9.13. The summed E-state index contributed by atoms with van der Waals surface area (Å²) in [5.74, 6) is -1.22. The van der Waals surface area contributed by atoms with Crippen molar-refractivity contribution >= 4 is 13.2 Å². The molecule has 0 aliphatic rings. The fraction of sp³-hybridized carbons (Fsp3) is 0.833. The smallest absolute Gasteiger partial charge is 0.0550 e. The molecule has 10 heavy (non-hydrogen) atoms. The molecule has 0 bridgehead atoms. The van der Waals surface area contributed by atoms with Gasteiger partial charge in [-0.3, -0.25) is 0 Å². The van der Waals surface area contributed by atoms with Crippen LogP contribution < -0.4 is 10.8 Å². The van der Waals surface area contributed by atoms with Crippen LogP contribution in [0.1, 0.15) is 0 Å². The largest absolute Gasteiger partial charge is 0.549 e. The van der Waals surface area contributed by atoms with Gasteiger partial charge in [-0.15, -0.1) is 0 Å². The molecule has 0 atom stereocenters. The summed E-state index contributed by atoms with van der Waals surface area (Å²) >= 11 is 0.